The molecule has 0 aliphatic heterocycles. The lowest BCUT2D eigenvalue weighted by molar-refractivity contribution is -0.125. The maximum atomic E-state index is 11.9. The van der Waals surface area contributed by atoms with E-state index in [9.17, 15) is 9.90 Å². The summed E-state index contributed by atoms with van der Waals surface area (Å²) in [5.74, 6) is 0.630. The predicted octanol–water partition coefficient (Wildman–Crippen LogP) is 3.97. The fourth-order valence-electron chi connectivity index (χ4n) is 3.42. The van der Waals surface area contributed by atoms with Gasteiger partial charge in [-0.1, -0.05) is 11.2 Å². The number of thiophene rings is 1. The number of nitrogens with one attached hydrogen (secondary N) is 1. The molecule has 8 heteroatoms. The summed E-state index contributed by atoms with van der Waals surface area (Å²) in [6.45, 7) is 1.56. The molecule has 4 rings (SSSR count). The number of nitrogens with zero attached hydrogens (tertiary/aromatic N) is 2. The number of hydrogen-bond donors (Lipinski definition) is 2. The molecular weight excluding hydrogens is 390 g/mol. The van der Waals surface area contributed by atoms with Crippen LogP contribution in [0.25, 0.3) is 11.0 Å². The van der Waals surface area contributed by atoms with E-state index in [1.54, 1.807) is 23.5 Å². The fraction of sp³-hybridized carbons (Fsp3) is 0.286. The molecule has 29 heavy (non-hydrogen) atoms. The molecule has 1 aliphatic rings. The number of carbonyl (C=O) groups is 1. The zero-order valence-corrected chi connectivity index (χ0v) is 16.8. The third kappa shape index (κ3) is 4.17. The minimum atomic E-state index is -0.440. The van der Waals surface area contributed by atoms with Gasteiger partial charge in [0.05, 0.1) is 16.8 Å². The molecule has 0 radical (unpaired) electrons. The van der Waals surface area contributed by atoms with Gasteiger partial charge in [0.2, 0.25) is 0 Å². The van der Waals surface area contributed by atoms with Gasteiger partial charge in [-0.05, 0) is 49.8 Å². The van der Waals surface area contributed by atoms with Gasteiger partial charge in [0, 0.05) is 22.9 Å². The molecule has 150 valence electrons. The van der Waals surface area contributed by atoms with Gasteiger partial charge in [-0.3, -0.25) is 4.79 Å². The van der Waals surface area contributed by atoms with Gasteiger partial charge >= 0.3 is 0 Å². The van der Waals surface area contributed by atoms with Crippen LogP contribution in [0.5, 0.6) is 5.75 Å². The smallest absolute Gasteiger partial charge is 0.280 e. The van der Waals surface area contributed by atoms with Crippen LogP contribution >= 0.6 is 11.3 Å². The van der Waals surface area contributed by atoms with Crippen LogP contribution in [0, 0.1) is 0 Å². The summed E-state index contributed by atoms with van der Waals surface area (Å²) in [6.07, 6.45) is 5.45. The SMILES string of the molecule is CC(=NOCC(=O)N/N=C/c1c(O)ccc2oc3c(c12)CCCC3)c1cccs1. The molecule has 7 nitrogen and oxygen atoms in total. The number of furan rings is 1. The summed E-state index contributed by atoms with van der Waals surface area (Å²) < 4.78 is 5.93. The maximum absolute atomic E-state index is 11.9. The minimum absolute atomic E-state index is 0.0945. The first-order chi connectivity index (χ1) is 14.1. The van der Waals surface area contributed by atoms with Crippen LogP contribution < -0.4 is 5.43 Å². The Balaban J connectivity index is 1.42. The lowest BCUT2D eigenvalue weighted by Crippen LogP contribution is -2.22. The highest BCUT2D eigenvalue weighted by molar-refractivity contribution is 7.12. The van der Waals surface area contributed by atoms with Crippen molar-refractivity contribution in [2.45, 2.75) is 32.6 Å². The lowest BCUT2D eigenvalue weighted by atomic mass is 9.94. The summed E-state index contributed by atoms with van der Waals surface area (Å²) in [5, 5.41) is 21.0. The van der Waals surface area contributed by atoms with Crippen molar-refractivity contribution in [3.8, 4) is 5.75 Å². The number of fused-ring (bicyclic) bond motifs is 3. The molecule has 1 aliphatic carbocycles. The Morgan fingerprint density at radius 3 is 3.03 bits per heavy atom. The molecule has 0 saturated carbocycles. The van der Waals surface area contributed by atoms with Gasteiger partial charge < -0.3 is 14.4 Å². The van der Waals surface area contributed by atoms with E-state index in [1.165, 1.54) is 6.21 Å². The molecule has 0 bridgehead atoms. The van der Waals surface area contributed by atoms with Crippen molar-refractivity contribution in [1.29, 1.82) is 0 Å². The summed E-state index contributed by atoms with van der Waals surface area (Å²) in [5.41, 5.74) is 5.50. The molecule has 0 unspecified atom stereocenters. The van der Waals surface area contributed by atoms with Crippen molar-refractivity contribution in [2.75, 3.05) is 6.61 Å². The van der Waals surface area contributed by atoms with E-state index < -0.39 is 5.91 Å². The first kappa shape index (κ1) is 19.2. The number of carbonyl (C=O) groups excluding carboxylic acids is 1. The normalized spacial score (nSPS) is 14.3. The number of phenols is 1. The quantitative estimate of drug-likeness (QED) is 0.474. The number of oxime groups is 1. The van der Waals surface area contributed by atoms with Gasteiger partial charge in [-0.15, -0.1) is 11.3 Å². The van der Waals surface area contributed by atoms with Crippen LogP contribution in [0.2, 0.25) is 0 Å². The average molecular weight is 411 g/mol. The summed E-state index contributed by atoms with van der Waals surface area (Å²) >= 11 is 1.55. The zero-order valence-electron chi connectivity index (χ0n) is 16.0. The van der Waals surface area contributed by atoms with E-state index in [-0.39, 0.29) is 12.4 Å². The molecule has 2 heterocycles. The molecule has 1 amide bonds. The number of aryl methyl sites for hydroxylation is 2. The van der Waals surface area contributed by atoms with Crippen molar-refractivity contribution < 1.29 is 19.2 Å². The topological polar surface area (TPSA) is 96.4 Å². The molecule has 3 aromatic rings. The predicted molar refractivity (Wildman–Crippen MR) is 113 cm³/mol. The average Bonchev–Trinajstić information content (AvgIpc) is 3.37. The number of benzene rings is 1. The van der Waals surface area contributed by atoms with E-state index in [0.29, 0.717) is 11.3 Å². The number of phenolic OH excluding ortho intramolecular Hbond substituents is 1. The van der Waals surface area contributed by atoms with E-state index in [4.69, 9.17) is 9.25 Å². The maximum Gasteiger partial charge on any atom is 0.280 e. The standard InChI is InChI=1S/C21H21N3O4S/c1-13(19-7-4-10-29-19)24-27-12-20(26)23-22-11-15-16(25)8-9-18-21(15)14-5-2-3-6-17(14)28-18/h4,7-11,25H,2-3,5-6,12H2,1H3,(H,23,26)/b22-11+,24-13?. The first-order valence-corrected chi connectivity index (χ1v) is 10.3. The van der Waals surface area contributed by atoms with Crippen LogP contribution in [0.4, 0.5) is 0 Å². The second-order valence-corrected chi connectivity index (χ2v) is 7.75. The van der Waals surface area contributed by atoms with Gasteiger partial charge in [0.15, 0.2) is 6.61 Å². The second-order valence-electron chi connectivity index (χ2n) is 6.80. The Hall–Kier alpha value is -3.13. The van der Waals surface area contributed by atoms with Crippen LogP contribution in [0.15, 0.2) is 44.3 Å². The van der Waals surface area contributed by atoms with Crippen molar-refractivity contribution in [3.05, 3.63) is 51.4 Å². The number of rotatable bonds is 6. The summed E-state index contributed by atoms with van der Waals surface area (Å²) in [4.78, 5) is 18.0. The molecule has 1 aromatic carbocycles. The van der Waals surface area contributed by atoms with Crippen molar-refractivity contribution in [2.24, 2.45) is 10.3 Å². The van der Waals surface area contributed by atoms with E-state index in [2.05, 4.69) is 15.7 Å². The van der Waals surface area contributed by atoms with Gasteiger partial charge in [0.25, 0.3) is 5.91 Å². The molecule has 0 atom stereocenters. The minimum Gasteiger partial charge on any atom is -0.507 e. The van der Waals surface area contributed by atoms with Crippen LogP contribution in [0.3, 0.4) is 0 Å². The third-order valence-electron chi connectivity index (χ3n) is 4.79. The van der Waals surface area contributed by atoms with Crippen LogP contribution in [-0.4, -0.2) is 29.5 Å². The van der Waals surface area contributed by atoms with E-state index in [1.807, 2.05) is 24.4 Å². The van der Waals surface area contributed by atoms with Gasteiger partial charge in [0.1, 0.15) is 17.1 Å². The highest BCUT2D eigenvalue weighted by Crippen LogP contribution is 2.36. The summed E-state index contributed by atoms with van der Waals surface area (Å²) in [6, 6.07) is 7.19. The number of aromatic hydroxyl groups is 1. The number of amides is 1. The zero-order chi connectivity index (χ0) is 20.2. The molecule has 0 spiro atoms. The monoisotopic (exact) mass is 411 g/mol. The molecule has 0 saturated heterocycles. The highest BCUT2D eigenvalue weighted by Gasteiger charge is 2.21. The summed E-state index contributed by atoms with van der Waals surface area (Å²) in [7, 11) is 0. The molecule has 0 fully saturated rings. The molecule has 2 aromatic heterocycles. The number of hydrazone groups is 1. The number of hydrogen-bond acceptors (Lipinski definition) is 7. The van der Waals surface area contributed by atoms with Crippen molar-refractivity contribution in [3.63, 3.8) is 0 Å². The first-order valence-electron chi connectivity index (χ1n) is 9.42. The Morgan fingerprint density at radius 1 is 1.34 bits per heavy atom. The Labute approximate surface area is 171 Å². The second kappa shape index (κ2) is 8.48. The highest BCUT2D eigenvalue weighted by atomic mass is 32.1. The third-order valence-corrected chi connectivity index (χ3v) is 5.77. The van der Waals surface area contributed by atoms with E-state index >= 15 is 0 Å². The van der Waals surface area contributed by atoms with Crippen molar-refractivity contribution >= 4 is 40.1 Å². The Bertz CT molecular complexity index is 1080. The fourth-order valence-corrected chi connectivity index (χ4v) is 4.09. The largest absolute Gasteiger partial charge is 0.507 e. The molecule has 2 N–H and O–H groups in total. The van der Waals surface area contributed by atoms with Gasteiger partial charge in [-0.2, -0.15) is 5.10 Å². The Morgan fingerprint density at radius 2 is 2.21 bits per heavy atom. The molecular formula is C21H21N3O4S. The Kier molecular flexibility index (Phi) is 5.62. The van der Waals surface area contributed by atoms with Gasteiger partial charge in [-0.25, -0.2) is 5.43 Å². The van der Waals surface area contributed by atoms with Crippen LogP contribution in [-0.2, 0) is 22.5 Å². The van der Waals surface area contributed by atoms with E-state index in [0.717, 1.165) is 52.9 Å². The van der Waals surface area contributed by atoms with Crippen molar-refractivity contribution in [1.82, 2.24) is 5.43 Å². The van der Waals surface area contributed by atoms with Crippen LogP contribution in [0.1, 0.15) is 41.5 Å². The lowest BCUT2D eigenvalue weighted by Gasteiger charge is -2.09.